The number of carbonyl (C=O) groups excluding carboxylic acids is 1. The highest BCUT2D eigenvalue weighted by atomic mass is 16.3. The molecule has 102 valence electrons. The molecule has 0 saturated heterocycles. The van der Waals surface area contributed by atoms with Gasteiger partial charge in [0.1, 0.15) is 5.52 Å². The van der Waals surface area contributed by atoms with Crippen LogP contribution >= 0.6 is 0 Å². The first-order valence-corrected chi connectivity index (χ1v) is 6.35. The fourth-order valence-corrected chi connectivity index (χ4v) is 1.90. The van der Waals surface area contributed by atoms with E-state index in [1.54, 1.807) is 18.9 Å². The smallest absolute Gasteiger partial charge is 0.227 e. The number of fused-ring (bicyclic) bond motifs is 1. The van der Waals surface area contributed by atoms with Crippen LogP contribution in [0.5, 0.6) is 0 Å². The highest BCUT2D eigenvalue weighted by Gasteiger charge is 2.15. The molecule has 1 unspecified atom stereocenters. The van der Waals surface area contributed by atoms with E-state index in [4.69, 9.17) is 10.2 Å². The number of benzene rings is 1. The average molecular weight is 261 g/mol. The summed E-state index contributed by atoms with van der Waals surface area (Å²) >= 11 is 0. The zero-order valence-electron chi connectivity index (χ0n) is 11.5. The molecule has 5 heteroatoms. The Balaban J connectivity index is 2.20. The Morgan fingerprint density at radius 1 is 1.53 bits per heavy atom. The van der Waals surface area contributed by atoms with Crippen molar-refractivity contribution in [2.24, 2.45) is 11.7 Å². The van der Waals surface area contributed by atoms with Crippen LogP contribution in [0.25, 0.3) is 11.1 Å². The van der Waals surface area contributed by atoms with Gasteiger partial charge < -0.3 is 15.1 Å². The second-order valence-electron chi connectivity index (χ2n) is 4.88. The molecular weight excluding hydrogens is 242 g/mol. The molecule has 1 aromatic carbocycles. The maximum atomic E-state index is 12.1. The summed E-state index contributed by atoms with van der Waals surface area (Å²) in [5.41, 5.74) is 7.84. The summed E-state index contributed by atoms with van der Waals surface area (Å²) in [6.45, 7) is 4.28. The highest BCUT2D eigenvalue weighted by molar-refractivity contribution is 5.94. The molecule has 0 bridgehead atoms. The number of aromatic nitrogens is 1. The molecule has 19 heavy (non-hydrogen) atoms. The minimum Gasteiger partial charge on any atom is -0.441 e. The van der Waals surface area contributed by atoms with Crippen LogP contribution in [-0.2, 0) is 4.79 Å². The van der Waals surface area contributed by atoms with Gasteiger partial charge >= 0.3 is 0 Å². The molecule has 1 heterocycles. The van der Waals surface area contributed by atoms with Crippen molar-refractivity contribution < 1.29 is 9.21 Å². The predicted octanol–water partition coefficient (Wildman–Crippen LogP) is 2.08. The molecule has 5 nitrogen and oxygen atoms in total. The first-order valence-electron chi connectivity index (χ1n) is 6.35. The molecule has 0 aliphatic rings. The van der Waals surface area contributed by atoms with Crippen LogP contribution in [-0.4, -0.2) is 24.5 Å². The standard InChI is InChI=1S/C14H19N3O2/c1-9(8-15)6-14(18)17(3)11-4-5-12-13(7-11)19-10(2)16-12/h4-5,7,9H,6,8,15H2,1-3H3. The molecule has 0 spiro atoms. The number of rotatable bonds is 4. The third-order valence-electron chi connectivity index (χ3n) is 3.17. The zero-order valence-corrected chi connectivity index (χ0v) is 11.5. The van der Waals surface area contributed by atoms with Crippen molar-refractivity contribution in [3.63, 3.8) is 0 Å². The van der Waals surface area contributed by atoms with Crippen molar-refractivity contribution in [3.05, 3.63) is 24.1 Å². The molecule has 1 atom stereocenters. The number of aryl methyl sites for hydroxylation is 1. The van der Waals surface area contributed by atoms with E-state index in [0.29, 0.717) is 24.4 Å². The van der Waals surface area contributed by atoms with Gasteiger partial charge in [0, 0.05) is 32.1 Å². The molecule has 2 rings (SSSR count). The van der Waals surface area contributed by atoms with Gasteiger partial charge in [-0.05, 0) is 24.6 Å². The number of hydrogen-bond acceptors (Lipinski definition) is 4. The quantitative estimate of drug-likeness (QED) is 0.914. The van der Waals surface area contributed by atoms with Gasteiger partial charge in [0.25, 0.3) is 0 Å². The van der Waals surface area contributed by atoms with Crippen LogP contribution in [0.2, 0.25) is 0 Å². The number of amides is 1. The number of oxazole rings is 1. The van der Waals surface area contributed by atoms with Gasteiger partial charge in [0.15, 0.2) is 11.5 Å². The van der Waals surface area contributed by atoms with Gasteiger partial charge in [0.05, 0.1) is 0 Å². The normalized spacial score (nSPS) is 12.6. The maximum absolute atomic E-state index is 12.1. The molecule has 2 aromatic rings. The van der Waals surface area contributed by atoms with Crippen LogP contribution in [0, 0.1) is 12.8 Å². The minimum absolute atomic E-state index is 0.0496. The minimum atomic E-state index is 0.0496. The Hall–Kier alpha value is -1.88. The predicted molar refractivity (Wildman–Crippen MR) is 75.0 cm³/mol. The van der Waals surface area contributed by atoms with Crippen LogP contribution in [0.4, 0.5) is 5.69 Å². The number of hydrogen-bond donors (Lipinski definition) is 1. The van der Waals surface area contributed by atoms with E-state index < -0.39 is 0 Å². The lowest BCUT2D eigenvalue weighted by Gasteiger charge is -2.19. The van der Waals surface area contributed by atoms with Crippen molar-refractivity contribution in [1.29, 1.82) is 0 Å². The Labute approximate surface area is 112 Å². The SMILES string of the molecule is Cc1nc2ccc(N(C)C(=O)CC(C)CN)cc2o1. The fraction of sp³-hybridized carbons (Fsp3) is 0.429. The monoisotopic (exact) mass is 261 g/mol. The molecular formula is C14H19N3O2. The number of nitrogens with zero attached hydrogens (tertiary/aromatic N) is 2. The van der Waals surface area contributed by atoms with Gasteiger partial charge in [-0.15, -0.1) is 0 Å². The lowest BCUT2D eigenvalue weighted by Crippen LogP contribution is -2.29. The van der Waals surface area contributed by atoms with Crippen LogP contribution in [0.3, 0.4) is 0 Å². The number of anilines is 1. The fourth-order valence-electron chi connectivity index (χ4n) is 1.90. The lowest BCUT2D eigenvalue weighted by molar-refractivity contribution is -0.119. The maximum Gasteiger partial charge on any atom is 0.227 e. The van der Waals surface area contributed by atoms with E-state index in [1.165, 1.54) is 0 Å². The summed E-state index contributed by atoms with van der Waals surface area (Å²) < 4.78 is 5.47. The summed E-state index contributed by atoms with van der Waals surface area (Å²) in [5, 5.41) is 0. The molecule has 2 N–H and O–H groups in total. The molecule has 1 aromatic heterocycles. The second kappa shape index (κ2) is 5.40. The molecule has 0 radical (unpaired) electrons. The van der Waals surface area contributed by atoms with E-state index in [2.05, 4.69) is 4.98 Å². The van der Waals surface area contributed by atoms with Gasteiger partial charge in [-0.2, -0.15) is 0 Å². The van der Waals surface area contributed by atoms with Gasteiger partial charge in [-0.25, -0.2) is 4.98 Å². The zero-order chi connectivity index (χ0) is 14.0. The third-order valence-corrected chi connectivity index (χ3v) is 3.17. The van der Waals surface area contributed by atoms with Crippen molar-refractivity contribution in [1.82, 2.24) is 4.98 Å². The first kappa shape index (κ1) is 13.5. The molecule has 1 amide bonds. The van der Waals surface area contributed by atoms with Crippen LogP contribution < -0.4 is 10.6 Å². The number of carbonyl (C=O) groups is 1. The Bertz CT molecular complexity index is 591. The van der Waals surface area contributed by atoms with Gasteiger partial charge in [-0.1, -0.05) is 6.92 Å². The summed E-state index contributed by atoms with van der Waals surface area (Å²) in [6.07, 6.45) is 0.445. The number of nitrogens with two attached hydrogens (primary N) is 1. The van der Waals surface area contributed by atoms with E-state index >= 15 is 0 Å². The topological polar surface area (TPSA) is 72.4 Å². The van der Waals surface area contributed by atoms with Gasteiger partial charge in [-0.3, -0.25) is 4.79 Å². The van der Waals surface area contributed by atoms with E-state index in [1.807, 2.05) is 25.1 Å². The largest absolute Gasteiger partial charge is 0.441 e. The van der Waals surface area contributed by atoms with Crippen molar-refractivity contribution >= 4 is 22.7 Å². The Morgan fingerprint density at radius 2 is 2.26 bits per heavy atom. The third kappa shape index (κ3) is 2.93. The highest BCUT2D eigenvalue weighted by Crippen LogP contribution is 2.22. The van der Waals surface area contributed by atoms with Crippen molar-refractivity contribution in [3.8, 4) is 0 Å². The summed E-state index contributed by atoms with van der Waals surface area (Å²) in [7, 11) is 1.76. The molecule has 0 saturated carbocycles. The molecule has 0 aliphatic heterocycles. The van der Waals surface area contributed by atoms with E-state index in [9.17, 15) is 4.79 Å². The van der Waals surface area contributed by atoms with Crippen molar-refractivity contribution in [2.45, 2.75) is 20.3 Å². The van der Waals surface area contributed by atoms with E-state index in [0.717, 1.165) is 11.2 Å². The summed E-state index contributed by atoms with van der Waals surface area (Å²) in [6, 6.07) is 5.56. The van der Waals surface area contributed by atoms with E-state index in [-0.39, 0.29) is 11.8 Å². The summed E-state index contributed by atoms with van der Waals surface area (Å²) in [5.74, 6) is 0.859. The molecule has 0 fully saturated rings. The molecule has 0 aliphatic carbocycles. The summed E-state index contributed by atoms with van der Waals surface area (Å²) in [4.78, 5) is 17.9. The first-order chi connectivity index (χ1) is 9.01. The average Bonchev–Trinajstić information content (AvgIpc) is 2.76. The van der Waals surface area contributed by atoms with Crippen LogP contribution in [0.15, 0.2) is 22.6 Å². The Kier molecular flexibility index (Phi) is 3.85. The van der Waals surface area contributed by atoms with Crippen molar-refractivity contribution in [2.75, 3.05) is 18.5 Å². The van der Waals surface area contributed by atoms with Gasteiger partial charge in [0.2, 0.25) is 5.91 Å². The Morgan fingerprint density at radius 3 is 2.95 bits per heavy atom. The second-order valence-corrected chi connectivity index (χ2v) is 4.88. The van der Waals surface area contributed by atoms with Crippen LogP contribution in [0.1, 0.15) is 19.2 Å². The lowest BCUT2D eigenvalue weighted by atomic mass is 10.1.